The van der Waals surface area contributed by atoms with Gasteiger partial charge in [0.05, 0.1) is 22.6 Å². The van der Waals surface area contributed by atoms with E-state index in [0.717, 1.165) is 12.3 Å². The SMILES string of the molecule is CC(C)OC(=O)c1ccc(NC(=O)c2c[nH]c3cc(F)cc(F)c3c2=O)cc1. The van der Waals surface area contributed by atoms with Crippen molar-refractivity contribution in [3.63, 3.8) is 0 Å². The Hall–Kier alpha value is -3.55. The number of amides is 1. The molecule has 28 heavy (non-hydrogen) atoms. The van der Waals surface area contributed by atoms with Crippen LogP contribution in [0.4, 0.5) is 14.5 Å². The van der Waals surface area contributed by atoms with Crippen LogP contribution in [0.5, 0.6) is 0 Å². The second kappa shape index (κ2) is 7.59. The molecule has 1 heterocycles. The summed E-state index contributed by atoms with van der Waals surface area (Å²) in [5.74, 6) is -3.17. The topological polar surface area (TPSA) is 88.3 Å². The summed E-state index contributed by atoms with van der Waals surface area (Å²) in [5, 5.41) is 2.09. The zero-order valence-corrected chi connectivity index (χ0v) is 15.0. The molecule has 2 aromatic carbocycles. The van der Waals surface area contributed by atoms with Crippen LogP contribution >= 0.6 is 0 Å². The number of benzene rings is 2. The van der Waals surface area contributed by atoms with Gasteiger partial charge in [-0.2, -0.15) is 0 Å². The minimum absolute atomic E-state index is 0.0490. The Bertz CT molecular complexity index is 1120. The quantitative estimate of drug-likeness (QED) is 0.671. The summed E-state index contributed by atoms with van der Waals surface area (Å²) in [6, 6.07) is 7.42. The number of aromatic amines is 1. The number of hydrogen-bond donors (Lipinski definition) is 2. The maximum absolute atomic E-state index is 14.0. The molecular weight excluding hydrogens is 370 g/mol. The first kappa shape index (κ1) is 19.2. The third-order valence-corrected chi connectivity index (χ3v) is 3.86. The maximum atomic E-state index is 14.0. The summed E-state index contributed by atoms with van der Waals surface area (Å²) in [4.78, 5) is 39.2. The van der Waals surface area contributed by atoms with E-state index in [1.165, 1.54) is 24.3 Å². The van der Waals surface area contributed by atoms with E-state index in [-0.39, 0.29) is 17.2 Å². The fourth-order valence-electron chi connectivity index (χ4n) is 2.61. The number of anilines is 1. The maximum Gasteiger partial charge on any atom is 0.338 e. The standard InChI is InChI=1S/C20H16F2N2O4/c1-10(2)28-20(27)11-3-5-13(6-4-11)24-19(26)14-9-23-16-8-12(21)7-15(22)17(16)18(14)25/h3-10H,1-2H3,(H,23,25)(H,24,26). The number of aromatic nitrogens is 1. The molecule has 1 aromatic heterocycles. The lowest BCUT2D eigenvalue weighted by Crippen LogP contribution is -2.22. The molecule has 3 rings (SSSR count). The van der Waals surface area contributed by atoms with Crippen LogP contribution in [0.3, 0.4) is 0 Å². The molecular formula is C20H16F2N2O4. The van der Waals surface area contributed by atoms with E-state index in [1.54, 1.807) is 13.8 Å². The van der Waals surface area contributed by atoms with Gasteiger partial charge in [0.15, 0.2) is 0 Å². The van der Waals surface area contributed by atoms with Crippen molar-refractivity contribution < 1.29 is 23.1 Å². The highest BCUT2D eigenvalue weighted by molar-refractivity contribution is 6.05. The van der Waals surface area contributed by atoms with Gasteiger partial charge in [-0.05, 0) is 44.2 Å². The molecule has 0 saturated heterocycles. The van der Waals surface area contributed by atoms with Crippen LogP contribution in [0.2, 0.25) is 0 Å². The van der Waals surface area contributed by atoms with E-state index in [9.17, 15) is 23.2 Å². The lowest BCUT2D eigenvalue weighted by Gasteiger charge is -2.09. The van der Waals surface area contributed by atoms with E-state index in [4.69, 9.17) is 4.74 Å². The highest BCUT2D eigenvalue weighted by Gasteiger charge is 2.17. The highest BCUT2D eigenvalue weighted by atomic mass is 19.1. The molecule has 1 amide bonds. The number of rotatable bonds is 4. The number of nitrogens with one attached hydrogen (secondary N) is 2. The summed E-state index contributed by atoms with van der Waals surface area (Å²) in [5.41, 5.74) is -0.612. The highest BCUT2D eigenvalue weighted by Crippen LogP contribution is 2.16. The summed E-state index contributed by atoms with van der Waals surface area (Å²) in [6.45, 7) is 3.45. The lowest BCUT2D eigenvalue weighted by molar-refractivity contribution is 0.0378. The van der Waals surface area contributed by atoms with Crippen molar-refractivity contribution in [1.29, 1.82) is 0 Å². The smallest absolute Gasteiger partial charge is 0.338 e. The summed E-state index contributed by atoms with van der Waals surface area (Å²) >= 11 is 0. The van der Waals surface area contributed by atoms with Crippen molar-refractivity contribution in [2.24, 2.45) is 0 Å². The molecule has 0 bridgehead atoms. The number of carbonyl (C=O) groups is 2. The average molecular weight is 386 g/mol. The third kappa shape index (κ3) is 3.90. The van der Waals surface area contributed by atoms with Crippen molar-refractivity contribution >= 4 is 28.5 Å². The Kier molecular flexibility index (Phi) is 5.21. The Labute approximate surface area is 158 Å². The van der Waals surface area contributed by atoms with Gasteiger partial charge in [-0.1, -0.05) is 0 Å². The van der Waals surface area contributed by atoms with Crippen molar-refractivity contribution in [2.75, 3.05) is 5.32 Å². The van der Waals surface area contributed by atoms with Crippen molar-refractivity contribution in [2.45, 2.75) is 20.0 Å². The van der Waals surface area contributed by atoms with E-state index < -0.39 is 34.3 Å². The first-order chi connectivity index (χ1) is 13.3. The molecule has 0 spiro atoms. The predicted molar refractivity (Wildman–Crippen MR) is 99.4 cm³/mol. The van der Waals surface area contributed by atoms with Gasteiger partial charge >= 0.3 is 5.97 Å². The summed E-state index contributed by atoms with van der Waals surface area (Å²) in [6.07, 6.45) is 0.827. The zero-order chi connectivity index (χ0) is 20.4. The Balaban J connectivity index is 1.84. The fourth-order valence-corrected chi connectivity index (χ4v) is 2.61. The second-order valence-corrected chi connectivity index (χ2v) is 6.33. The number of H-pyrrole nitrogens is 1. The monoisotopic (exact) mass is 386 g/mol. The Morgan fingerprint density at radius 2 is 1.79 bits per heavy atom. The van der Waals surface area contributed by atoms with Gasteiger partial charge in [0, 0.05) is 18.0 Å². The fraction of sp³-hybridized carbons (Fsp3) is 0.150. The normalized spacial score (nSPS) is 10.9. The van der Waals surface area contributed by atoms with E-state index in [1.807, 2.05) is 0 Å². The minimum Gasteiger partial charge on any atom is -0.459 e. The number of fused-ring (bicyclic) bond motifs is 1. The van der Waals surface area contributed by atoms with Crippen LogP contribution in [0.1, 0.15) is 34.6 Å². The molecule has 0 aliphatic carbocycles. The molecule has 0 radical (unpaired) electrons. The van der Waals surface area contributed by atoms with Gasteiger partial charge in [-0.3, -0.25) is 9.59 Å². The van der Waals surface area contributed by atoms with Gasteiger partial charge in [0.2, 0.25) is 5.43 Å². The molecule has 8 heteroatoms. The van der Waals surface area contributed by atoms with Gasteiger partial charge in [0.25, 0.3) is 5.91 Å². The van der Waals surface area contributed by atoms with Gasteiger partial charge in [-0.25, -0.2) is 13.6 Å². The number of pyridine rings is 1. The van der Waals surface area contributed by atoms with Crippen LogP contribution in [0.15, 0.2) is 47.4 Å². The number of halogens is 2. The molecule has 0 aliphatic rings. The Morgan fingerprint density at radius 3 is 2.43 bits per heavy atom. The van der Waals surface area contributed by atoms with Crippen LogP contribution < -0.4 is 10.7 Å². The number of ether oxygens (including phenoxy) is 1. The molecule has 3 aromatic rings. The lowest BCUT2D eigenvalue weighted by atomic mass is 10.1. The van der Waals surface area contributed by atoms with Crippen LogP contribution in [-0.4, -0.2) is 23.0 Å². The van der Waals surface area contributed by atoms with Crippen LogP contribution in [-0.2, 0) is 4.74 Å². The van der Waals surface area contributed by atoms with Crippen molar-refractivity contribution in [1.82, 2.24) is 4.98 Å². The summed E-state index contributed by atoms with van der Waals surface area (Å²) in [7, 11) is 0. The largest absolute Gasteiger partial charge is 0.459 e. The van der Waals surface area contributed by atoms with E-state index in [0.29, 0.717) is 17.3 Å². The van der Waals surface area contributed by atoms with Crippen molar-refractivity contribution in [3.8, 4) is 0 Å². The molecule has 6 nitrogen and oxygen atoms in total. The number of esters is 1. The first-order valence-electron chi connectivity index (χ1n) is 8.39. The number of carbonyl (C=O) groups excluding carboxylic acids is 2. The molecule has 0 saturated carbocycles. The molecule has 2 N–H and O–H groups in total. The van der Waals surface area contributed by atoms with Gasteiger partial charge in [0.1, 0.15) is 17.2 Å². The number of hydrogen-bond acceptors (Lipinski definition) is 4. The molecule has 0 unspecified atom stereocenters. The molecule has 0 aliphatic heterocycles. The molecule has 0 fully saturated rings. The first-order valence-corrected chi connectivity index (χ1v) is 8.39. The average Bonchev–Trinajstić information content (AvgIpc) is 2.61. The third-order valence-electron chi connectivity index (χ3n) is 3.86. The van der Waals surface area contributed by atoms with Crippen molar-refractivity contribution in [3.05, 3.63) is 75.6 Å². The zero-order valence-electron chi connectivity index (χ0n) is 15.0. The summed E-state index contributed by atoms with van der Waals surface area (Å²) < 4.78 is 32.3. The molecule has 0 atom stereocenters. The van der Waals surface area contributed by atoms with E-state index in [2.05, 4.69) is 10.3 Å². The molecule has 144 valence electrons. The van der Waals surface area contributed by atoms with Crippen LogP contribution in [0.25, 0.3) is 10.9 Å². The Morgan fingerprint density at radius 1 is 1.11 bits per heavy atom. The van der Waals surface area contributed by atoms with Gasteiger partial charge < -0.3 is 15.0 Å². The van der Waals surface area contributed by atoms with Crippen LogP contribution in [0, 0.1) is 11.6 Å². The van der Waals surface area contributed by atoms with E-state index >= 15 is 0 Å². The minimum atomic E-state index is -1.06. The second-order valence-electron chi connectivity index (χ2n) is 6.33. The van der Waals surface area contributed by atoms with Gasteiger partial charge in [-0.15, -0.1) is 0 Å². The predicted octanol–water partition coefficient (Wildman–Crippen LogP) is 3.62.